The number of nitrogen functional groups attached to an aromatic ring is 1. The normalized spacial score (nSPS) is 21.2. The molecule has 0 aromatic heterocycles. The second-order valence-corrected chi connectivity index (χ2v) is 7.94. The molecule has 1 atom stereocenters. The summed E-state index contributed by atoms with van der Waals surface area (Å²) in [6.07, 6.45) is 4.97. The average Bonchev–Trinajstić information content (AvgIpc) is 2.98. The molecule has 1 saturated heterocycles. The molecule has 2 fully saturated rings. The lowest BCUT2D eigenvalue weighted by Crippen LogP contribution is -2.43. The molecule has 1 aliphatic carbocycles. The smallest absolute Gasteiger partial charge is 0.225 e. The van der Waals surface area contributed by atoms with E-state index in [0.717, 1.165) is 37.7 Å². The number of amides is 1. The number of anilines is 2. The van der Waals surface area contributed by atoms with E-state index in [4.69, 9.17) is 17.3 Å². The number of carbonyl (C=O) groups excluding carboxylic acids is 1. The van der Waals surface area contributed by atoms with Crippen LogP contribution in [-0.4, -0.2) is 36.5 Å². The van der Waals surface area contributed by atoms with Gasteiger partial charge in [0.1, 0.15) is 0 Å². The minimum absolute atomic E-state index is 0.0646. The molecule has 2 aliphatic rings. The summed E-state index contributed by atoms with van der Waals surface area (Å²) in [6, 6.07) is 6.29. The number of carbonyl (C=O) groups is 1. The molecular formula is C19H28ClN3O. The maximum absolute atomic E-state index is 12.3. The van der Waals surface area contributed by atoms with Gasteiger partial charge in [0.25, 0.3) is 0 Å². The quantitative estimate of drug-likeness (QED) is 0.823. The molecule has 132 valence electrons. The fourth-order valence-electron chi connectivity index (χ4n) is 3.68. The highest BCUT2D eigenvalue weighted by Crippen LogP contribution is 2.34. The van der Waals surface area contributed by atoms with Crippen molar-refractivity contribution in [2.45, 2.75) is 45.6 Å². The Bertz CT molecular complexity index is 600. The molecule has 1 aromatic carbocycles. The van der Waals surface area contributed by atoms with E-state index in [1.165, 1.54) is 19.3 Å². The third kappa shape index (κ3) is 3.64. The van der Waals surface area contributed by atoms with Crippen LogP contribution < -0.4 is 10.6 Å². The van der Waals surface area contributed by atoms with Gasteiger partial charge in [-0.25, -0.2) is 0 Å². The first-order chi connectivity index (χ1) is 11.5. The first-order valence-electron chi connectivity index (χ1n) is 9.06. The van der Waals surface area contributed by atoms with E-state index in [0.29, 0.717) is 16.8 Å². The van der Waals surface area contributed by atoms with Crippen molar-refractivity contribution in [3.05, 3.63) is 23.2 Å². The summed E-state index contributed by atoms with van der Waals surface area (Å²) in [4.78, 5) is 16.8. The fraction of sp³-hybridized carbons (Fsp3) is 0.632. The molecule has 3 rings (SSSR count). The first-order valence-corrected chi connectivity index (χ1v) is 9.44. The van der Waals surface area contributed by atoms with E-state index in [-0.39, 0.29) is 11.8 Å². The monoisotopic (exact) mass is 349 g/mol. The average molecular weight is 350 g/mol. The molecule has 0 radical (unpaired) electrons. The summed E-state index contributed by atoms with van der Waals surface area (Å²) in [5.74, 6) is 1.09. The molecule has 0 bridgehead atoms. The van der Waals surface area contributed by atoms with Crippen molar-refractivity contribution < 1.29 is 4.79 Å². The van der Waals surface area contributed by atoms with Crippen LogP contribution in [0.2, 0.25) is 5.02 Å². The van der Waals surface area contributed by atoms with Crippen LogP contribution in [0.4, 0.5) is 11.4 Å². The number of hydrogen-bond donors (Lipinski definition) is 1. The molecule has 1 heterocycles. The number of halogens is 1. The van der Waals surface area contributed by atoms with E-state index >= 15 is 0 Å². The van der Waals surface area contributed by atoms with Crippen molar-refractivity contribution in [2.24, 2.45) is 11.8 Å². The Hall–Kier alpha value is -1.42. The second-order valence-electron chi connectivity index (χ2n) is 7.54. The van der Waals surface area contributed by atoms with Gasteiger partial charge in [0.05, 0.1) is 10.7 Å². The van der Waals surface area contributed by atoms with Crippen molar-refractivity contribution in [1.82, 2.24) is 4.90 Å². The van der Waals surface area contributed by atoms with E-state index < -0.39 is 0 Å². The van der Waals surface area contributed by atoms with Gasteiger partial charge in [-0.2, -0.15) is 0 Å². The predicted octanol–water partition coefficient (Wildman–Crippen LogP) is 3.79. The summed E-state index contributed by atoms with van der Waals surface area (Å²) in [6.45, 7) is 6.66. The molecule has 1 aliphatic heterocycles. The zero-order valence-electron chi connectivity index (χ0n) is 14.7. The van der Waals surface area contributed by atoms with Crippen LogP contribution in [0.1, 0.15) is 39.5 Å². The molecule has 1 unspecified atom stereocenters. The van der Waals surface area contributed by atoms with E-state index in [2.05, 4.69) is 11.0 Å². The Balaban J connectivity index is 1.77. The van der Waals surface area contributed by atoms with Crippen LogP contribution in [-0.2, 0) is 4.79 Å². The zero-order chi connectivity index (χ0) is 17.3. The first kappa shape index (κ1) is 17.4. The topological polar surface area (TPSA) is 49.6 Å². The highest BCUT2D eigenvalue weighted by atomic mass is 35.5. The number of rotatable bonds is 5. The molecule has 4 nitrogen and oxygen atoms in total. The summed E-state index contributed by atoms with van der Waals surface area (Å²) >= 11 is 6.25. The standard InChI is InChI=1S/C19H28ClN3O/c1-13(2)19(24)22-9-8-16(12-22)23(11-14-4-3-5-14)15-6-7-18(21)17(20)10-15/h6-7,10,13-14,16H,3-5,8-9,11-12,21H2,1-2H3. The SMILES string of the molecule is CC(C)C(=O)N1CCC(N(CC2CCC2)c2ccc(N)c(Cl)c2)C1. The van der Waals surface area contributed by atoms with Gasteiger partial charge in [0.15, 0.2) is 0 Å². The van der Waals surface area contributed by atoms with Crippen molar-refractivity contribution in [1.29, 1.82) is 0 Å². The van der Waals surface area contributed by atoms with Gasteiger partial charge in [-0.05, 0) is 43.4 Å². The Labute approximate surface area is 149 Å². The van der Waals surface area contributed by atoms with Gasteiger partial charge in [-0.15, -0.1) is 0 Å². The molecule has 0 spiro atoms. The number of benzene rings is 1. The Morgan fingerprint density at radius 2 is 2.12 bits per heavy atom. The van der Waals surface area contributed by atoms with Gasteiger partial charge in [-0.3, -0.25) is 4.79 Å². The van der Waals surface area contributed by atoms with Gasteiger partial charge in [-0.1, -0.05) is 31.9 Å². The lowest BCUT2D eigenvalue weighted by molar-refractivity contribution is -0.133. The largest absolute Gasteiger partial charge is 0.398 e. The number of nitrogens with zero attached hydrogens (tertiary/aromatic N) is 2. The van der Waals surface area contributed by atoms with Crippen LogP contribution in [0.3, 0.4) is 0 Å². The summed E-state index contributed by atoms with van der Waals surface area (Å²) in [7, 11) is 0. The van der Waals surface area contributed by atoms with Crippen molar-refractivity contribution in [3.63, 3.8) is 0 Å². The van der Waals surface area contributed by atoms with Crippen LogP contribution in [0, 0.1) is 11.8 Å². The molecular weight excluding hydrogens is 322 g/mol. The van der Waals surface area contributed by atoms with Gasteiger partial charge >= 0.3 is 0 Å². The van der Waals surface area contributed by atoms with Crippen LogP contribution in [0.15, 0.2) is 18.2 Å². The van der Waals surface area contributed by atoms with Crippen molar-refractivity contribution in [3.8, 4) is 0 Å². The molecule has 2 N–H and O–H groups in total. The molecule has 1 saturated carbocycles. The number of likely N-dealkylation sites (tertiary alicyclic amines) is 1. The predicted molar refractivity (Wildman–Crippen MR) is 100 cm³/mol. The van der Waals surface area contributed by atoms with Crippen LogP contribution in [0.5, 0.6) is 0 Å². The summed E-state index contributed by atoms with van der Waals surface area (Å²) in [5.41, 5.74) is 7.62. The van der Waals surface area contributed by atoms with E-state index in [1.54, 1.807) is 0 Å². The Morgan fingerprint density at radius 1 is 1.38 bits per heavy atom. The highest BCUT2D eigenvalue weighted by molar-refractivity contribution is 6.33. The van der Waals surface area contributed by atoms with E-state index in [1.807, 2.05) is 30.9 Å². The Kier molecular flexibility index (Phi) is 5.24. The molecule has 5 heteroatoms. The lowest BCUT2D eigenvalue weighted by Gasteiger charge is -2.37. The second kappa shape index (κ2) is 7.22. The lowest BCUT2D eigenvalue weighted by atomic mass is 9.84. The maximum Gasteiger partial charge on any atom is 0.225 e. The van der Waals surface area contributed by atoms with Crippen LogP contribution >= 0.6 is 11.6 Å². The summed E-state index contributed by atoms with van der Waals surface area (Å²) < 4.78 is 0. The zero-order valence-corrected chi connectivity index (χ0v) is 15.4. The molecule has 1 aromatic rings. The maximum atomic E-state index is 12.3. The van der Waals surface area contributed by atoms with Crippen LogP contribution in [0.25, 0.3) is 0 Å². The van der Waals surface area contributed by atoms with Crippen molar-refractivity contribution >= 4 is 28.9 Å². The molecule has 1 amide bonds. The van der Waals surface area contributed by atoms with Gasteiger partial charge < -0.3 is 15.5 Å². The number of nitrogens with two attached hydrogens (primary N) is 1. The Morgan fingerprint density at radius 3 is 2.71 bits per heavy atom. The minimum atomic E-state index is 0.0646. The third-order valence-electron chi connectivity index (χ3n) is 5.41. The molecule has 24 heavy (non-hydrogen) atoms. The van der Waals surface area contributed by atoms with Gasteiger partial charge in [0.2, 0.25) is 5.91 Å². The third-order valence-corrected chi connectivity index (χ3v) is 5.73. The minimum Gasteiger partial charge on any atom is -0.398 e. The van der Waals surface area contributed by atoms with Gasteiger partial charge in [0, 0.05) is 37.3 Å². The van der Waals surface area contributed by atoms with E-state index in [9.17, 15) is 4.79 Å². The fourth-order valence-corrected chi connectivity index (χ4v) is 3.85. The van der Waals surface area contributed by atoms with Crippen molar-refractivity contribution in [2.75, 3.05) is 30.3 Å². The summed E-state index contributed by atoms with van der Waals surface area (Å²) in [5, 5.41) is 0.610. The highest BCUT2D eigenvalue weighted by Gasteiger charge is 2.33. The number of hydrogen-bond acceptors (Lipinski definition) is 3.